The van der Waals surface area contributed by atoms with E-state index in [0.29, 0.717) is 15.8 Å². The number of nitrogens with one attached hydrogen (secondary N) is 1. The van der Waals surface area contributed by atoms with Gasteiger partial charge in [0.2, 0.25) is 0 Å². The van der Waals surface area contributed by atoms with E-state index in [2.05, 4.69) is 9.97 Å². The summed E-state index contributed by atoms with van der Waals surface area (Å²) in [5.41, 5.74) is 9.29. The number of hydrogen-bond acceptors (Lipinski definition) is 3. The lowest BCUT2D eigenvalue weighted by molar-refractivity contribution is 1.08. The standard InChI is InChI=1S/C14H11Cl2N3S/c15-10-3-1-2-8(13(10)16)7-20-14-18-11-5-4-9(17)6-12(11)19-14/h1-6H,7,17H2,(H,18,19). The van der Waals surface area contributed by atoms with E-state index < -0.39 is 0 Å². The van der Waals surface area contributed by atoms with Crippen LogP contribution in [0.25, 0.3) is 11.0 Å². The molecule has 0 atom stereocenters. The van der Waals surface area contributed by atoms with E-state index >= 15 is 0 Å². The third kappa shape index (κ3) is 2.73. The van der Waals surface area contributed by atoms with Gasteiger partial charge in [-0.2, -0.15) is 0 Å². The lowest BCUT2D eigenvalue weighted by atomic mass is 10.2. The molecule has 0 aliphatic heterocycles. The van der Waals surface area contributed by atoms with Gasteiger partial charge in [0.05, 0.1) is 21.1 Å². The maximum absolute atomic E-state index is 6.17. The second-order valence-corrected chi connectivity index (χ2v) is 6.07. The van der Waals surface area contributed by atoms with Gasteiger partial charge in [-0.15, -0.1) is 0 Å². The van der Waals surface area contributed by atoms with E-state index in [-0.39, 0.29) is 0 Å². The first-order valence-corrected chi connectivity index (χ1v) is 7.68. The Hall–Kier alpha value is -1.36. The van der Waals surface area contributed by atoms with Crippen LogP contribution in [0.3, 0.4) is 0 Å². The fourth-order valence-corrected chi connectivity index (χ4v) is 3.22. The summed E-state index contributed by atoms with van der Waals surface area (Å²) in [5.74, 6) is 0.703. The Morgan fingerprint density at radius 1 is 1.20 bits per heavy atom. The summed E-state index contributed by atoms with van der Waals surface area (Å²) >= 11 is 13.7. The number of halogens is 2. The Kier molecular flexibility index (Phi) is 3.78. The molecule has 20 heavy (non-hydrogen) atoms. The van der Waals surface area contributed by atoms with E-state index in [1.165, 1.54) is 0 Å². The molecule has 0 fully saturated rings. The predicted octanol–water partition coefficient (Wildman–Crippen LogP) is 4.74. The fraction of sp³-hybridized carbons (Fsp3) is 0.0714. The maximum atomic E-state index is 6.17. The van der Waals surface area contributed by atoms with E-state index in [9.17, 15) is 0 Å². The Bertz CT molecular complexity index is 770. The van der Waals surface area contributed by atoms with Crippen molar-refractivity contribution >= 4 is 51.7 Å². The number of fused-ring (bicyclic) bond motifs is 1. The maximum Gasteiger partial charge on any atom is 0.166 e. The molecule has 1 aromatic heterocycles. The molecule has 2 aromatic carbocycles. The summed E-state index contributed by atoms with van der Waals surface area (Å²) in [6.07, 6.45) is 0. The second kappa shape index (κ2) is 5.56. The van der Waals surface area contributed by atoms with Crippen LogP contribution in [-0.4, -0.2) is 9.97 Å². The Morgan fingerprint density at radius 3 is 2.90 bits per heavy atom. The van der Waals surface area contributed by atoms with Gasteiger partial charge in [-0.05, 0) is 29.8 Å². The summed E-state index contributed by atoms with van der Waals surface area (Å²) in [6, 6.07) is 11.2. The third-order valence-electron chi connectivity index (χ3n) is 2.88. The number of anilines is 1. The van der Waals surface area contributed by atoms with Crippen LogP contribution in [0.4, 0.5) is 5.69 Å². The molecule has 3 aromatic rings. The molecule has 6 heteroatoms. The zero-order valence-corrected chi connectivity index (χ0v) is 12.7. The van der Waals surface area contributed by atoms with Crippen molar-refractivity contribution in [3.05, 3.63) is 52.0 Å². The van der Waals surface area contributed by atoms with Gasteiger partial charge < -0.3 is 10.7 Å². The van der Waals surface area contributed by atoms with Crippen molar-refractivity contribution in [2.24, 2.45) is 0 Å². The van der Waals surface area contributed by atoms with Crippen LogP contribution < -0.4 is 5.73 Å². The SMILES string of the molecule is Nc1ccc2nc(SCc3cccc(Cl)c3Cl)[nH]c2c1. The molecule has 102 valence electrons. The zero-order valence-electron chi connectivity index (χ0n) is 10.4. The van der Waals surface area contributed by atoms with Crippen molar-refractivity contribution in [3.8, 4) is 0 Å². The second-order valence-electron chi connectivity index (χ2n) is 4.32. The molecular formula is C14H11Cl2N3S. The zero-order chi connectivity index (χ0) is 14.1. The highest BCUT2D eigenvalue weighted by Crippen LogP contribution is 2.31. The fourth-order valence-electron chi connectivity index (χ4n) is 1.88. The van der Waals surface area contributed by atoms with Crippen LogP contribution in [0.5, 0.6) is 0 Å². The van der Waals surface area contributed by atoms with Crippen LogP contribution in [0.1, 0.15) is 5.56 Å². The predicted molar refractivity (Wildman–Crippen MR) is 86.5 cm³/mol. The Balaban J connectivity index is 1.81. The van der Waals surface area contributed by atoms with Crippen LogP contribution in [0, 0.1) is 0 Å². The monoisotopic (exact) mass is 323 g/mol. The number of thioether (sulfide) groups is 1. The van der Waals surface area contributed by atoms with Crippen LogP contribution >= 0.6 is 35.0 Å². The van der Waals surface area contributed by atoms with Gasteiger partial charge in [0.1, 0.15) is 0 Å². The number of benzene rings is 2. The van der Waals surface area contributed by atoms with Gasteiger partial charge in [-0.1, -0.05) is 47.1 Å². The highest BCUT2D eigenvalue weighted by Gasteiger charge is 2.07. The van der Waals surface area contributed by atoms with Crippen molar-refractivity contribution < 1.29 is 0 Å². The number of nitrogens with two attached hydrogens (primary N) is 1. The molecule has 0 unspecified atom stereocenters. The van der Waals surface area contributed by atoms with Crippen LogP contribution in [0.2, 0.25) is 10.0 Å². The van der Waals surface area contributed by atoms with Crippen molar-refractivity contribution in [1.82, 2.24) is 9.97 Å². The molecule has 0 aliphatic carbocycles. The van der Waals surface area contributed by atoms with Crippen molar-refractivity contribution in [2.45, 2.75) is 10.9 Å². The largest absolute Gasteiger partial charge is 0.399 e. The van der Waals surface area contributed by atoms with E-state index in [1.54, 1.807) is 17.8 Å². The molecule has 0 radical (unpaired) electrons. The molecule has 0 amide bonds. The van der Waals surface area contributed by atoms with Gasteiger partial charge in [0.25, 0.3) is 0 Å². The number of imidazole rings is 1. The van der Waals surface area contributed by atoms with Crippen molar-refractivity contribution in [3.63, 3.8) is 0 Å². The molecule has 3 rings (SSSR count). The smallest absolute Gasteiger partial charge is 0.166 e. The first kappa shape index (κ1) is 13.6. The van der Waals surface area contributed by atoms with Crippen molar-refractivity contribution in [2.75, 3.05) is 5.73 Å². The lowest BCUT2D eigenvalue weighted by Gasteiger charge is -2.03. The molecule has 3 nitrogen and oxygen atoms in total. The summed E-state index contributed by atoms with van der Waals surface area (Å²) < 4.78 is 0. The van der Waals surface area contributed by atoms with Gasteiger partial charge in [0, 0.05) is 11.4 Å². The summed E-state index contributed by atoms with van der Waals surface area (Å²) in [4.78, 5) is 7.73. The Morgan fingerprint density at radius 2 is 2.05 bits per heavy atom. The number of nitrogen functional groups attached to an aromatic ring is 1. The number of aromatic nitrogens is 2. The molecule has 0 spiro atoms. The third-order valence-corrected chi connectivity index (χ3v) is 4.66. The van der Waals surface area contributed by atoms with E-state index in [4.69, 9.17) is 28.9 Å². The quantitative estimate of drug-likeness (QED) is 0.540. The summed E-state index contributed by atoms with van der Waals surface area (Å²) in [7, 11) is 0. The van der Waals surface area contributed by atoms with Crippen LogP contribution in [-0.2, 0) is 5.75 Å². The summed E-state index contributed by atoms with van der Waals surface area (Å²) in [6.45, 7) is 0. The van der Waals surface area contributed by atoms with Gasteiger partial charge in [-0.25, -0.2) is 4.98 Å². The first-order chi connectivity index (χ1) is 9.63. The number of hydrogen-bond donors (Lipinski definition) is 2. The number of nitrogens with zero attached hydrogens (tertiary/aromatic N) is 1. The lowest BCUT2D eigenvalue weighted by Crippen LogP contribution is -1.84. The topological polar surface area (TPSA) is 54.7 Å². The minimum atomic E-state index is 0.571. The number of H-pyrrole nitrogens is 1. The molecule has 0 bridgehead atoms. The molecule has 0 saturated heterocycles. The molecular weight excluding hydrogens is 313 g/mol. The highest BCUT2D eigenvalue weighted by atomic mass is 35.5. The minimum absolute atomic E-state index is 0.571. The van der Waals surface area contributed by atoms with Gasteiger partial charge in [0.15, 0.2) is 5.16 Å². The van der Waals surface area contributed by atoms with Gasteiger partial charge >= 0.3 is 0 Å². The van der Waals surface area contributed by atoms with Crippen molar-refractivity contribution in [1.29, 1.82) is 0 Å². The highest BCUT2D eigenvalue weighted by molar-refractivity contribution is 7.98. The van der Waals surface area contributed by atoms with Crippen LogP contribution in [0.15, 0.2) is 41.6 Å². The summed E-state index contributed by atoms with van der Waals surface area (Å²) in [5, 5.41) is 2.01. The van der Waals surface area contributed by atoms with Gasteiger partial charge in [-0.3, -0.25) is 0 Å². The normalized spacial score (nSPS) is 11.1. The average molecular weight is 324 g/mol. The van der Waals surface area contributed by atoms with E-state index in [1.807, 2.05) is 30.3 Å². The molecule has 1 heterocycles. The van der Waals surface area contributed by atoms with E-state index in [0.717, 1.165) is 27.4 Å². The average Bonchev–Trinajstić information content (AvgIpc) is 2.82. The first-order valence-electron chi connectivity index (χ1n) is 5.94. The Labute approximate surface area is 130 Å². The molecule has 0 aliphatic rings. The minimum Gasteiger partial charge on any atom is -0.399 e. The number of aromatic amines is 1. The number of rotatable bonds is 3. The molecule has 3 N–H and O–H groups in total. The molecule has 0 saturated carbocycles.